The molecule has 2 aromatic rings. The van der Waals surface area contributed by atoms with Crippen molar-refractivity contribution in [2.75, 3.05) is 29.4 Å². The van der Waals surface area contributed by atoms with E-state index in [1.165, 1.54) is 5.69 Å². The van der Waals surface area contributed by atoms with E-state index in [0.717, 1.165) is 57.0 Å². The van der Waals surface area contributed by atoms with Gasteiger partial charge in [-0.3, -0.25) is 14.5 Å². The predicted octanol–water partition coefficient (Wildman–Crippen LogP) is 3.58. The Bertz CT molecular complexity index is 853. The van der Waals surface area contributed by atoms with Crippen LogP contribution in [0.3, 0.4) is 0 Å². The van der Waals surface area contributed by atoms with Gasteiger partial charge in [0.2, 0.25) is 5.91 Å². The number of carbonyl (C=O) groups is 2. The summed E-state index contributed by atoms with van der Waals surface area (Å²) in [7, 11) is 0. The largest absolute Gasteiger partial charge is 0.372 e. The Morgan fingerprint density at radius 2 is 1.79 bits per heavy atom. The van der Waals surface area contributed by atoms with Crippen molar-refractivity contribution < 1.29 is 9.59 Å². The molecule has 2 aliphatic rings. The molecule has 0 unspecified atom stereocenters. The summed E-state index contributed by atoms with van der Waals surface area (Å²) in [6.45, 7) is 5.51. The molecule has 0 radical (unpaired) electrons. The molecule has 4 rings (SSSR count). The average molecular weight is 395 g/mol. The molecule has 6 nitrogen and oxygen atoms in total. The van der Waals surface area contributed by atoms with Crippen LogP contribution in [0.1, 0.15) is 44.2 Å². The number of para-hydroxylation sites is 1. The maximum Gasteiger partial charge on any atom is 0.228 e. The van der Waals surface area contributed by atoms with Gasteiger partial charge in [0.05, 0.1) is 5.69 Å². The number of aromatic nitrogens is 2. The van der Waals surface area contributed by atoms with Gasteiger partial charge >= 0.3 is 0 Å². The maximum absolute atomic E-state index is 12.7. The fourth-order valence-corrected chi connectivity index (χ4v) is 4.50. The highest BCUT2D eigenvalue weighted by Gasteiger charge is 2.25. The molecule has 0 N–H and O–H groups in total. The topological polar surface area (TPSA) is 58.4 Å². The minimum absolute atomic E-state index is 0.0399. The molecule has 29 heavy (non-hydrogen) atoms. The number of benzene rings is 1. The van der Waals surface area contributed by atoms with E-state index in [2.05, 4.69) is 34.3 Å². The third kappa shape index (κ3) is 4.69. The van der Waals surface area contributed by atoms with Gasteiger partial charge in [0, 0.05) is 57.2 Å². The van der Waals surface area contributed by atoms with Crippen LogP contribution in [0.4, 0.5) is 11.5 Å². The van der Waals surface area contributed by atoms with Crippen molar-refractivity contribution in [3.05, 3.63) is 42.1 Å². The number of hydrogen-bond donors (Lipinski definition) is 0. The monoisotopic (exact) mass is 394 g/mol. The molecular weight excluding hydrogens is 364 g/mol. The quantitative estimate of drug-likeness (QED) is 0.751. The zero-order chi connectivity index (χ0) is 20.2. The van der Waals surface area contributed by atoms with E-state index in [-0.39, 0.29) is 11.7 Å². The van der Waals surface area contributed by atoms with Crippen LogP contribution in [0, 0.1) is 12.8 Å². The lowest BCUT2D eigenvalue weighted by molar-refractivity contribution is -0.124. The van der Waals surface area contributed by atoms with E-state index < -0.39 is 0 Å². The molecular formula is C23H30N4O2. The van der Waals surface area contributed by atoms with Gasteiger partial charge in [0.15, 0.2) is 0 Å². The number of carbonyl (C=O) groups excluding carboxylic acids is 2. The maximum atomic E-state index is 12.7. The van der Waals surface area contributed by atoms with Crippen molar-refractivity contribution in [1.82, 2.24) is 9.78 Å². The molecule has 2 aliphatic heterocycles. The molecule has 0 saturated carbocycles. The lowest BCUT2D eigenvalue weighted by atomic mass is 9.90. The fraction of sp³-hybridized carbons (Fsp3) is 0.522. The van der Waals surface area contributed by atoms with Crippen LogP contribution in [0.5, 0.6) is 0 Å². The Hall–Kier alpha value is -2.63. The average Bonchev–Trinajstić information content (AvgIpc) is 3.13. The van der Waals surface area contributed by atoms with Gasteiger partial charge in [-0.2, -0.15) is 5.10 Å². The summed E-state index contributed by atoms with van der Waals surface area (Å²) in [5.74, 6) is 1.58. The van der Waals surface area contributed by atoms with Crippen LogP contribution >= 0.6 is 0 Å². The summed E-state index contributed by atoms with van der Waals surface area (Å²) in [5.41, 5.74) is 2.19. The number of amides is 1. The van der Waals surface area contributed by atoms with Gasteiger partial charge in [-0.1, -0.05) is 18.2 Å². The first-order chi connectivity index (χ1) is 14.1. The molecule has 1 aromatic heterocycles. The Labute approximate surface area is 172 Å². The molecule has 0 spiro atoms. The molecule has 1 fully saturated rings. The molecule has 3 heterocycles. The number of anilines is 2. The van der Waals surface area contributed by atoms with Crippen LogP contribution in [0.15, 0.2) is 36.4 Å². The molecule has 1 amide bonds. The van der Waals surface area contributed by atoms with Crippen molar-refractivity contribution in [3.8, 4) is 0 Å². The highest BCUT2D eigenvalue weighted by Crippen LogP contribution is 2.26. The fourth-order valence-electron chi connectivity index (χ4n) is 4.50. The van der Waals surface area contributed by atoms with Gasteiger partial charge in [0.25, 0.3) is 0 Å². The molecule has 0 bridgehead atoms. The first-order valence-electron chi connectivity index (χ1n) is 10.8. The van der Waals surface area contributed by atoms with Crippen molar-refractivity contribution in [3.63, 3.8) is 0 Å². The Morgan fingerprint density at radius 1 is 1.03 bits per heavy atom. The Morgan fingerprint density at radius 3 is 2.55 bits per heavy atom. The zero-order valence-corrected chi connectivity index (χ0v) is 17.2. The van der Waals surface area contributed by atoms with Crippen LogP contribution in [0.2, 0.25) is 0 Å². The van der Waals surface area contributed by atoms with Crippen LogP contribution < -0.4 is 9.80 Å². The number of nitrogens with zero attached hydrogens (tertiary/aromatic N) is 4. The summed E-state index contributed by atoms with van der Waals surface area (Å²) in [6.07, 6.45) is 4.24. The normalized spacial score (nSPS) is 17.3. The summed E-state index contributed by atoms with van der Waals surface area (Å²) >= 11 is 0. The van der Waals surface area contributed by atoms with Crippen LogP contribution in [-0.4, -0.2) is 41.1 Å². The molecule has 0 aliphatic carbocycles. The molecule has 1 aromatic carbocycles. The van der Waals surface area contributed by atoms with Crippen molar-refractivity contribution in [2.45, 2.75) is 52.0 Å². The number of fused-ring (bicyclic) bond motifs is 1. The molecule has 0 atom stereocenters. The number of rotatable bonds is 6. The smallest absolute Gasteiger partial charge is 0.228 e. The summed E-state index contributed by atoms with van der Waals surface area (Å²) in [6, 6.07) is 12.4. The van der Waals surface area contributed by atoms with Crippen molar-refractivity contribution in [2.24, 2.45) is 5.92 Å². The van der Waals surface area contributed by atoms with E-state index >= 15 is 0 Å². The minimum atomic E-state index is 0.0399. The second-order valence-corrected chi connectivity index (χ2v) is 8.27. The number of ketones is 1. The highest BCUT2D eigenvalue weighted by atomic mass is 16.2. The minimum Gasteiger partial charge on any atom is -0.372 e. The first-order valence-corrected chi connectivity index (χ1v) is 10.8. The summed E-state index contributed by atoms with van der Waals surface area (Å²) in [5, 5.41) is 4.44. The Kier molecular flexibility index (Phi) is 5.97. The SMILES string of the molecule is Cc1cc2n(n1)CCCN2C(=O)CCC(=O)CC1CCN(c2ccccc2)CC1. The van der Waals surface area contributed by atoms with E-state index in [1.54, 1.807) is 4.90 Å². The summed E-state index contributed by atoms with van der Waals surface area (Å²) < 4.78 is 1.90. The first kappa shape index (κ1) is 19.7. The zero-order valence-electron chi connectivity index (χ0n) is 17.2. The lowest BCUT2D eigenvalue weighted by Crippen LogP contribution is -2.37. The number of aryl methyl sites for hydroxylation is 2. The highest BCUT2D eigenvalue weighted by molar-refractivity contribution is 5.95. The summed E-state index contributed by atoms with van der Waals surface area (Å²) in [4.78, 5) is 29.4. The third-order valence-electron chi connectivity index (χ3n) is 6.08. The molecule has 154 valence electrons. The van der Waals surface area contributed by atoms with E-state index in [4.69, 9.17) is 0 Å². The third-order valence-corrected chi connectivity index (χ3v) is 6.08. The second kappa shape index (κ2) is 8.80. The number of piperidine rings is 1. The van der Waals surface area contributed by atoms with Gasteiger partial charge in [-0.05, 0) is 44.2 Å². The van der Waals surface area contributed by atoms with Gasteiger partial charge in [-0.15, -0.1) is 0 Å². The van der Waals surface area contributed by atoms with Gasteiger partial charge in [-0.25, -0.2) is 4.68 Å². The second-order valence-electron chi connectivity index (χ2n) is 8.27. The van der Waals surface area contributed by atoms with E-state index in [9.17, 15) is 9.59 Å². The predicted molar refractivity (Wildman–Crippen MR) is 114 cm³/mol. The van der Waals surface area contributed by atoms with Crippen LogP contribution in [0.25, 0.3) is 0 Å². The standard InChI is InChI=1S/C23H30N4O2/c1-18-16-22-26(12-5-13-27(22)24-18)23(29)9-8-21(28)17-19-10-14-25(15-11-19)20-6-3-2-4-7-20/h2-4,6-7,16,19H,5,8-15,17H2,1H3. The van der Waals surface area contributed by atoms with Gasteiger partial charge in [0.1, 0.15) is 11.6 Å². The van der Waals surface area contributed by atoms with E-state index in [0.29, 0.717) is 25.2 Å². The lowest BCUT2D eigenvalue weighted by Gasteiger charge is -2.33. The molecule has 1 saturated heterocycles. The Balaban J connectivity index is 1.22. The molecule has 6 heteroatoms. The van der Waals surface area contributed by atoms with Gasteiger partial charge < -0.3 is 4.90 Å². The van der Waals surface area contributed by atoms with E-state index in [1.807, 2.05) is 23.7 Å². The van der Waals surface area contributed by atoms with Crippen molar-refractivity contribution in [1.29, 1.82) is 0 Å². The number of hydrogen-bond acceptors (Lipinski definition) is 4. The van der Waals surface area contributed by atoms with Crippen LogP contribution in [-0.2, 0) is 16.1 Å². The van der Waals surface area contributed by atoms with Crippen molar-refractivity contribution >= 4 is 23.2 Å². The number of Topliss-reactive ketones (excluding diaryl/α,β-unsaturated/α-hetero) is 1.